The van der Waals surface area contributed by atoms with Crippen LogP contribution in [0.3, 0.4) is 0 Å². The number of nitrogens with zero attached hydrogens (tertiary/aromatic N) is 2. The van der Waals surface area contributed by atoms with Crippen LogP contribution in [0.5, 0.6) is 0 Å². The van der Waals surface area contributed by atoms with E-state index in [0.29, 0.717) is 30.0 Å². The minimum Gasteiger partial charge on any atom is -0.434 e. The molecule has 0 aliphatic carbocycles. The zero-order chi connectivity index (χ0) is 21.7. The molecule has 3 rings (SSSR count). The van der Waals surface area contributed by atoms with Gasteiger partial charge in [-0.25, -0.2) is 9.59 Å². The van der Waals surface area contributed by atoms with Gasteiger partial charge in [0.25, 0.3) is 0 Å². The molecule has 7 nitrogen and oxygen atoms in total. The lowest BCUT2D eigenvalue weighted by atomic mass is 9.81. The second-order valence-corrected chi connectivity index (χ2v) is 7.38. The van der Waals surface area contributed by atoms with Gasteiger partial charge in [0.15, 0.2) is 0 Å². The van der Waals surface area contributed by atoms with Gasteiger partial charge in [-0.05, 0) is 31.4 Å². The van der Waals surface area contributed by atoms with Crippen molar-refractivity contribution in [3.8, 4) is 0 Å². The van der Waals surface area contributed by atoms with Gasteiger partial charge in [0.2, 0.25) is 0 Å². The maximum absolute atomic E-state index is 13.3. The molecule has 1 aromatic heterocycles. The Hall–Kier alpha value is -2.80. The van der Waals surface area contributed by atoms with Gasteiger partial charge in [-0.1, -0.05) is 50.1 Å². The molecule has 1 unspecified atom stereocenters. The minimum absolute atomic E-state index is 0.188. The first kappa shape index (κ1) is 21.9. The first-order valence-corrected chi connectivity index (χ1v) is 10.6. The minimum atomic E-state index is -0.996. The van der Waals surface area contributed by atoms with Crippen molar-refractivity contribution in [3.05, 3.63) is 57.9 Å². The predicted octanol–water partition coefficient (Wildman–Crippen LogP) is 5.18. The molecule has 1 atom stereocenters. The summed E-state index contributed by atoms with van der Waals surface area (Å²) in [5.41, 5.74) is 2.72. The lowest BCUT2D eigenvalue weighted by Crippen LogP contribution is -2.34. The van der Waals surface area contributed by atoms with Crippen LogP contribution in [0.25, 0.3) is 0 Å². The number of aromatic nitrogens is 2. The Bertz CT molecular complexity index is 953. The highest BCUT2D eigenvalue weighted by atomic mass is 35.5. The average Bonchev–Trinajstić information content (AvgIpc) is 3.21. The second kappa shape index (κ2) is 9.80. The summed E-state index contributed by atoms with van der Waals surface area (Å²) < 4.78 is 10.0. The van der Waals surface area contributed by atoms with E-state index < -0.39 is 18.0 Å². The van der Waals surface area contributed by atoms with Gasteiger partial charge in [0.1, 0.15) is 5.82 Å². The molecule has 160 valence electrons. The summed E-state index contributed by atoms with van der Waals surface area (Å²) in [4.78, 5) is 27.3. The van der Waals surface area contributed by atoms with E-state index in [1.807, 2.05) is 43.9 Å². The van der Waals surface area contributed by atoms with Crippen molar-refractivity contribution in [2.24, 2.45) is 0 Å². The third-order valence-electron chi connectivity index (χ3n) is 4.99. The number of carbonyl (C=O) groups is 2. The first-order valence-electron chi connectivity index (χ1n) is 10.2. The van der Waals surface area contributed by atoms with E-state index in [2.05, 4.69) is 10.2 Å². The molecule has 2 heterocycles. The molecule has 0 fully saturated rings. The number of H-pyrrole nitrogens is 1. The predicted molar refractivity (Wildman–Crippen MR) is 115 cm³/mol. The molecule has 1 aromatic carbocycles. The summed E-state index contributed by atoms with van der Waals surface area (Å²) in [5, 5.41) is 7.79. The van der Waals surface area contributed by atoms with Gasteiger partial charge in [0.05, 0.1) is 18.4 Å². The zero-order valence-electron chi connectivity index (χ0n) is 17.4. The van der Waals surface area contributed by atoms with Gasteiger partial charge in [-0.3, -0.25) is 5.10 Å². The van der Waals surface area contributed by atoms with Crippen molar-refractivity contribution in [1.82, 2.24) is 10.2 Å². The van der Waals surface area contributed by atoms with E-state index in [1.54, 1.807) is 12.3 Å². The van der Waals surface area contributed by atoms with Gasteiger partial charge < -0.3 is 14.4 Å². The summed E-state index contributed by atoms with van der Waals surface area (Å²) in [5.74, 6) is -0.422. The monoisotopic (exact) mass is 431 g/mol. The standard InChI is InChI=1S/C22H26ClN3O4/c1-4-9-17-19(21(27)30-22(28)29-12-5-2)18(14-10-7-8-11-16(14)23)15-13-24-25-20(15)26(17)6-3/h7-8,10-11,13,18H,4-6,9,12H2,1-3H3,(H,24,25). The van der Waals surface area contributed by atoms with Crippen molar-refractivity contribution < 1.29 is 19.1 Å². The topological polar surface area (TPSA) is 84.5 Å². The molecule has 0 amide bonds. The quantitative estimate of drug-likeness (QED) is 0.480. The molecule has 0 saturated heterocycles. The number of aromatic amines is 1. The third kappa shape index (κ3) is 4.21. The molecule has 1 aliphatic heterocycles. The third-order valence-corrected chi connectivity index (χ3v) is 5.34. The van der Waals surface area contributed by atoms with Crippen LogP contribution in [-0.2, 0) is 14.3 Å². The van der Waals surface area contributed by atoms with E-state index in [-0.39, 0.29) is 6.61 Å². The molecule has 1 aliphatic rings. The van der Waals surface area contributed by atoms with Gasteiger partial charge in [-0.2, -0.15) is 5.10 Å². The molecule has 1 N–H and O–H groups in total. The Kier molecular flexibility index (Phi) is 7.15. The number of carbonyl (C=O) groups excluding carboxylic acids is 2. The number of esters is 1. The fraction of sp³-hybridized carbons (Fsp3) is 0.409. The molecular weight excluding hydrogens is 406 g/mol. The van der Waals surface area contributed by atoms with E-state index in [4.69, 9.17) is 21.1 Å². The number of anilines is 1. The van der Waals surface area contributed by atoms with Crippen LogP contribution in [0, 0.1) is 0 Å². The number of nitrogens with one attached hydrogen (secondary N) is 1. The lowest BCUT2D eigenvalue weighted by molar-refractivity contribution is -0.135. The number of benzene rings is 1. The van der Waals surface area contributed by atoms with Crippen molar-refractivity contribution in [2.45, 2.75) is 46.0 Å². The van der Waals surface area contributed by atoms with Crippen LogP contribution in [0.1, 0.15) is 57.1 Å². The molecular formula is C22H26ClN3O4. The first-order chi connectivity index (χ1) is 14.5. The van der Waals surface area contributed by atoms with Gasteiger partial charge >= 0.3 is 12.1 Å². The molecule has 8 heteroatoms. The molecule has 2 aromatic rings. The number of hydrogen-bond acceptors (Lipinski definition) is 6. The van der Waals surface area contributed by atoms with Crippen LogP contribution >= 0.6 is 11.6 Å². The summed E-state index contributed by atoms with van der Waals surface area (Å²) >= 11 is 6.52. The maximum atomic E-state index is 13.3. The van der Waals surface area contributed by atoms with Crippen molar-refractivity contribution >= 4 is 29.5 Å². The Morgan fingerprint density at radius 3 is 2.60 bits per heavy atom. The molecule has 0 saturated carbocycles. The summed E-state index contributed by atoms with van der Waals surface area (Å²) in [7, 11) is 0. The number of halogens is 1. The summed E-state index contributed by atoms with van der Waals surface area (Å²) in [6.07, 6.45) is 2.77. The second-order valence-electron chi connectivity index (χ2n) is 6.97. The SMILES string of the molecule is CCCOC(=O)OC(=O)C1=C(CCC)N(CC)c2[nH]ncc2C1c1ccccc1Cl. The number of rotatable bonds is 7. The van der Waals surface area contributed by atoms with Crippen LogP contribution in [0.2, 0.25) is 5.02 Å². The number of ether oxygens (including phenoxy) is 2. The van der Waals surface area contributed by atoms with Gasteiger partial charge in [-0.15, -0.1) is 0 Å². The van der Waals surface area contributed by atoms with Crippen molar-refractivity contribution in [3.63, 3.8) is 0 Å². The van der Waals surface area contributed by atoms with E-state index >= 15 is 0 Å². The normalized spacial score (nSPS) is 15.7. The van der Waals surface area contributed by atoms with Crippen LogP contribution in [0.15, 0.2) is 41.7 Å². The summed E-state index contributed by atoms with van der Waals surface area (Å²) in [6, 6.07) is 7.35. The van der Waals surface area contributed by atoms with Crippen LogP contribution < -0.4 is 4.90 Å². The molecule has 0 spiro atoms. The zero-order valence-corrected chi connectivity index (χ0v) is 18.2. The van der Waals surface area contributed by atoms with E-state index in [9.17, 15) is 9.59 Å². The largest absolute Gasteiger partial charge is 0.516 e. The number of fused-ring (bicyclic) bond motifs is 1. The molecule has 0 bridgehead atoms. The molecule has 30 heavy (non-hydrogen) atoms. The van der Waals surface area contributed by atoms with Crippen LogP contribution in [-0.4, -0.2) is 35.5 Å². The Morgan fingerprint density at radius 2 is 1.93 bits per heavy atom. The maximum Gasteiger partial charge on any atom is 0.516 e. The van der Waals surface area contributed by atoms with E-state index in [1.165, 1.54) is 0 Å². The summed E-state index contributed by atoms with van der Waals surface area (Å²) in [6.45, 7) is 6.71. The lowest BCUT2D eigenvalue weighted by Gasteiger charge is -2.36. The fourth-order valence-corrected chi connectivity index (χ4v) is 4.03. The Morgan fingerprint density at radius 1 is 1.17 bits per heavy atom. The number of hydrogen-bond donors (Lipinski definition) is 1. The Labute approximate surface area is 181 Å². The smallest absolute Gasteiger partial charge is 0.434 e. The highest BCUT2D eigenvalue weighted by Crippen LogP contribution is 2.46. The molecule has 0 radical (unpaired) electrons. The Balaban J connectivity index is 2.15. The van der Waals surface area contributed by atoms with Gasteiger partial charge in [0, 0.05) is 28.7 Å². The van der Waals surface area contributed by atoms with Crippen molar-refractivity contribution in [1.29, 1.82) is 0 Å². The average molecular weight is 432 g/mol. The highest BCUT2D eigenvalue weighted by molar-refractivity contribution is 6.31. The fourth-order valence-electron chi connectivity index (χ4n) is 3.79. The number of allylic oxidation sites excluding steroid dienone is 1. The van der Waals surface area contributed by atoms with E-state index in [0.717, 1.165) is 29.1 Å². The van der Waals surface area contributed by atoms with Crippen LogP contribution in [0.4, 0.5) is 10.6 Å². The van der Waals surface area contributed by atoms with Crippen molar-refractivity contribution in [2.75, 3.05) is 18.1 Å². The highest BCUT2D eigenvalue weighted by Gasteiger charge is 2.40.